The number of amides is 2. The number of ether oxygens (including phenoxy) is 1. The fraction of sp³-hybridized carbons (Fsp3) is 0.333. The largest absolute Gasteiger partial charge is 0.543 e. The van der Waals surface area contributed by atoms with Gasteiger partial charge in [0.1, 0.15) is 11.5 Å². The second-order valence-electron chi connectivity index (χ2n) is 10.7. The molecule has 0 aromatic heterocycles. The molecule has 2 amide bonds. The Balaban J connectivity index is 1.90. The molecule has 3 aromatic carbocycles. The van der Waals surface area contributed by atoms with Gasteiger partial charge in [-0.3, -0.25) is 9.59 Å². The second kappa shape index (κ2) is 11.6. The van der Waals surface area contributed by atoms with Crippen molar-refractivity contribution < 1.29 is 18.8 Å². The first-order chi connectivity index (χ1) is 17.4. The molecule has 0 saturated carbocycles. The highest BCUT2D eigenvalue weighted by molar-refractivity contribution is 6.74. The normalized spacial score (nSPS) is 11.5. The average molecular weight is 519 g/mol. The molecule has 0 bridgehead atoms. The fourth-order valence-corrected chi connectivity index (χ4v) is 4.51. The van der Waals surface area contributed by atoms with Gasteiger partial charge >= 0.3 is 0 Å². The predicted molar refractivity (Wildman–Crippen MR) is 154 cm³/mol. The van der Waals surface area contributed by atoms with Gasteiger partial charge in [0.15, 0.2) is 0 Å². The molecule has 0 aliphatic rings. The van der Waals surface area contributed by atoms with Crippen molar-refractivity contribution in [1.82, 2.24) is 0 Å². The molecule has 7 heteroatoms. The SMILES string of the molecule is CCCc1ccc(C(=O)Nc2cc(O[Si](C)(C)C(C)(C)C)ccc2NC(=O)c2ccc(OC)cc2)cc1. The third kappa shape index (κ3) is 7.23. The third-order valence-corrected chi connectivity index (χ3v) is 11.1. The molecular formula is C30H38N2O4Si. The predicted octanol–water partition coefficient (Wildman–Crippen LogP) is 7.54. The van der Waals surface area contributed by atoms with Crippen LogP contribution in [0, 0.1) is 0 Å². The van der Waals surface area contributed by atoms with Gasteiger partial charge in [0.25, 0.3) is 11.8 Å². The van der Waals surface area contributed by atoms with E-state index in [4.69, 9.17) is 9.16 Å². The van der Waals surface area contributed by atoms with Gasteiger partial charge in [0.2, 0.25) is 8.32 Å². The summed E-state index contributed by atoms with van der Waals surface area (Å²) in [5, 5.41) is 5.92. The van der Waals surface area contributed by atoms with Crippen molar-refractivity contribution in [3.8, 4) is 11.5 Å². The summed E-state index contributed by atoms with van der Waals surface area (Å²) in [6.07, 6.45) is 2.01. The lowest BCUT2D eigenvalue weighted by Gasteiger charge is -2.36. The first kappa shape index (κ1) is 28.0. The molecule has 2 N–H and O–H groups in total. The zero-order valence-corrected chi connectivity index (χ0v) is 23.9. The summed E-state index contributed by atoms with van der Waals surface area (Å²) in [5.41, 5.74) is 3.17. The van der Waals surface area contributed by atoms with Crippen LogP contribution in [-0.4, -0.2) is 27.2 Å². The van der Waals surface area contributed by atoms with Gasteiger partial charge in [-0.2, -0.15) is 0 Å². The van der Waals surface area contributed by atoms with Crippen LogP contribution < -0.4 is 19.8 Å². The minimum atomic E-state index is -2.11. The molecule has 3 rings (SSSR count). The standard InChI is InChI=1S/C30H38N2O4Si/c1-8-9-21-10-12-22(13-11-21)29(34)32-27-20-25(36-37(6,7)30(2,3)4)18-19-26(27)31-28(33)23-14-16-24(35-5)17-15-23/h10-20H,8-9H2,1-7H3,(H,31,33)(H,32,34). The van der Waals surface area contributed by atoms with Gasteiger partial charge in [-0.25, -0.2) is 0 Å². The number of hydrogen-bond donors (Lipinski definition) is 2. The maximum Gasteiger partial charge on any atom is 0.255 e. The summed E-state index contributed by atoms with van der Waals surface area (Å²) in [7, 11) is -0.532. The van der Waals surface area contributed by atoms with Crippen molar-refractivity contribution >= 4 is 31.5 Å². The second-order valence-corrected chi connectivity index (χ2v) is 15.4. The van der Waals surface area contributed by atoms with Crippen LogP contribution in [0.15, 0.2) is 66.7 Å². The molecule has 3 aromatic rings. The molecule has 0 spiro atoms. The van der Waals surface area contributed by atoms with Gasteiger partial charge in [-0.15, -0.1) is 0 Å². The molecule has 0 heterocycles. The summed E-state index contributed by atoms with van der Waals surface area (Å²) in [5.74, 6) is 0.775. The Morgan fingerprint density at radius 1 is 0.784 bits per heavy atom. The molecule has 6 nitrogen and oxygen atoms in total. The Labute approximate surface area is 221 Å². The van der Waals surface area contributed by atoms with E-state index < -0.39 is 8.32 Å². The van der Waals surface area contributed by atoms with Crippen LogP contribution in [-0.2, 0) is 6.42 Å². The Kier molecular flexibility index (Phi) is 8.81. The van der Waals surface area contributed by atoms with Crippen molar-refractivity contribution in [2.24, 2.45) is 0 Å². The molecule has 0 radical (unpaired) electrons. The Bertz CT molecular complexity index is 1230. The van der Waals surface area contributed by atoms with Gasteiger partial charge in [0.05, 0.1) is 18.5 Å². The number of benzene rings is 3. The van der Waals surface area contributed by atoms with E-state index in [0.717, 1.165) is 12.8 Å². The van der Waals surface area contributed by atoms with Gasteiger partial charge < -0.3 is 19.8 Å². The molecule has 196 valence electrons. The molecule has 0 unspecified atom stereocenters. The first-order valence-corrected chi connectivity index (χ1v) is 15.5. The highest BCUT2D eigenvalue weighted by Gasteiger charge is 2.39. The fourth-order valence-electron chi connectivity index (χ4n) is 3.49. The number of anilines is 2. The maximum atomic E-state index is 13.1. The van der Waals surface area contributed by atoms with E-state index in [1.807, 2.05) is 30.3 Å². The van der Waals surface area contributed by atoms with E-state index >= 15 is 0 Å². The van der Waals surface area contributed by atoms with E-state index in [0.29, 0.717) is 34.0 Å². The van der Waals surface area contributed by atoms with Crippen LogP contribution in [0.3, 0.4) is 0 Å². The molecule has 0 atom stereocenters. The zero-order valence-electron chi connectivity index (χ0n) is 22.9. The number of carbonyl (C=O) groups excluding carboxylic acids is 2. The summed E-state index contributed by atoms with van der Waals surface area (Å²) in [6.45, 7) is 13.0. The van der Waals surface area contributed by atoms with E-state index in [-0.39, 0.29) is 16.9 Å². The molecular weight excluding hydrogens is 480 g/mol. The van der Waals surface area contributed by atoms with Crippen molar-refractivity contribution in [3.63, 3.8) is 0 Å². The van der Waals surface area contributed by atoms with Crippen LogP contribution in [0.2, 0.25) is 18.1 Å². The zero-order chi connectivity index (χ0) is 27.2. The van der Waals surface area contributed by atoms with Crippen molar-refractivity contribution in [2.75, 3.05) is 17.7 Å². The average Bonchev–Trinajstić information content (AvgIpc) is 2.85. The monoisotopic (exact) mass is 518 g/mol. The van der Waals surface area contributed by atoms with Gasteiger partial charge in [-0.05, 0) is 78.6 Å². The maximum absolute atomic E-state index is 13.1. The molecule has 0 saturated heterocycles. The minimum absolute atomic E-state index is 0.0118. The Morgan fingerprint density at radius 3 is 1.81 bits per heavy atom. The summed E-state index contributed by atoms with van der Waals surface area (Å²) >= 11 is 0. The van der Waals surface area contributed by atoms with Crippen LogP contribution in [0.1, 0.15) is 60.4 Å². The number of rotatable bonds is 9. The number of carbonyl (C=O) groups is 2. The third-order valence-electron chi connectivity index (χ3n) is 6.77. The van der Waals surface area contributed by atoms with Crippen LogP contribution in [0.4, 0.5) is 11.4 Å². The molecule has 0 aliphatic carbocycles. The number of nitrogens with one attached hydrogen (secondary N) is 2. The van der Waals surface area contributed by atoms with Crippen molar-refractivity contribution in [3.05, 3.63) is 83.4 Å². The number of methoxy groups -OCH3 is 1. The van der Waals surface area contributed by atoms with Crippen LogP contribution in [0.5, 0.6) is 11.5 Å². The summed E-state index contributed by atoms with van der Waals surface area (Å²) in [6, 6.07) is 19.8. The lowest BCUT2D eigenvalue weighted by Crippen LogP contribution is -2.43. The van der Waals surface area contributed by atoms with E-state index in [2.05, 4.69) is 51.4 Å². The lowest BCUT2D eigenvalue weighted by molar-refractivity contribution is 0.101. The quantitative estimate of drug-likeness (QED) is 0.287. The van der Waals surface area contributed by atoms with Gasteiger partial charge in [-0.1, -0.05) is 46.2 Å². The Hall–Kier alpha value is -3.58. The summed E-state index contributed by atoms with van der Waals surface area (Å²) in [4.78, 5) is 26.1. The number of aryl methyl sites for hydroxylation is 1. The topological polar surface area (TPSA) is 76.7 Å². The highest BCUT2D eigenvalue weighted by Crippen LogP contribution is 2.39. The molecule has 0 fully saturated rings. The molecule has 37 heavy (non-hydrogen) atoms. The van der Waals surface area contributed by atoms with E-state index in [1.54, 1.807) is 43.5 Å². The first-order valence-electron chi connectivity index (χ1n) is 12.6. The van der Waals surface area contributed by atoms with Crippen LogP contribution in [0.25, 0.3) is 0 Å². The highest BCUT2D eigenvalue weighted by atomic mass is 28.4. The van der Waals surface area contributed by atoms with Crippen LogP contribution >= 0.6 is 0 Å². The van der Waals surface area contributed by atoms with Crippen molar-refractivity contribution in [2.45, 2.75) is 58.7 Å². The minimum Gasteiger partial charge on any atom is -0.543 e. The van der Waals surface area contributed by atoms with Gasteiger partial charge in [0, 0.05) is 17.2 Å². The lowest BCUT2D eigenvalue weighted by atomic mass is 10.1. The van der Waals surface area contributed by atoms with Crippen molar-refractivity contribution in [1.29, 1.82) is 0 Å². The smallest absolute Gasteiger partial charge is 0.255 e. The Morgan fingerprint density at radius 2 is 1.30 bits per heavy atom. The van der Waals surface area contributed by atoms with E-state index in [1.165, 1.54) is 5.56 Å². The molecule has 0 aliphatic heterocycles. The van der Waals surface area contributed by atoms with E-state index in [9.17, 15) is 9.59 Å². The number of hydrogen-bond acceptors (Lipinski definition) is 4. The summed E-state index contributed by atoms with van der Waals surface area (Å²) < 4.78 is 11.6.